The van der Waals surface area contributed by atoms with Crippen LogP contribution in [-0.4, -0.2) is 21.2 Å². The summed E-state index contributed by atoms with van der Waals surface area (Å²) in [5.74, 6) is -0.992. The molecule has 1 saturated carbocycles. The Hall–Kier alpha value is -2.38. The molecule has 104 valence electrons. The number of hydrogen-bond acceptors (Lipinski definition) is 5. The average Bonchev–Trinajstić information content (AvgIpc) is 2.93. The Morgan fingerprint density at radius 3 is 2.80 bits per heavy atom. The highest BCUT2D eigenvalue weighted by molar-refractivity contribution is 5.61. The molecule has 20 heavy (non-hydrogen) atoms. The Kier molecular flexibility index (Phi) is 2.73. The molecule has 1 aromatic heterocycles. The lowest BCUT2D eigenvalue weighted by Gasteiger charge is -2.01. The van der Waals surface area contributed by atoms with Gasteiger partial charge in [0, 0.05) is 11.6 Å². The molecule has 8 heteroatoms. The van der Waals surface area contributed by atoms with Crippen LogP contribution in [0.25, 0.3) is 11.4 Å². The van der Waals surface area contributed by atoms with Crippen LogP contribution < -0.4 is 0 Å². The van der Waals surface area contributed by atoms with Gasteiger partial charge in [0.1, 0.15) is 12.0 Å². The van der Waals surface area contributed by atoms with Crippen LogP contribution in [0.15, 0.2) is 16.7 Å². The molecule has 6 nitrogen and oxygen atoms in total. The Morgan fingerprint density at radius 1 is 1.50 bits per heavy atom. The molecule has 1 fully saturated rings. The quantitative estimate of drug-likeness (QED) is 0.638. The Morgan fingerprint density at radius 2 is 2.20 bits per heavy atom. The molecule has 2 aromatic rings. The van der Waals surface area contributed by atoms with Crippen molar-refractivity contribution in [2.24, 2.45) is 0 Å². The molecular formula is C12H9F2N3O3. The summed E-state index contributed by atoms with van der Waals surface area (Å²) in [5, 5.41) is 14.5. The van der Waals surface area contributed by atoms with Gasteiger partial charge in [-0.25, -0.2) is 8.78 Å². The van der Waals surface area contributed by atoms with Crippen molar-refractivity contribution >= 4 is 5.69 Å². The van der Waals surface area contributed by atoms with Crippen molar-refractivity contribution in [3.8, 4) is 11.4 Å². The molecule has 1 aliphatic rings. The maximum absolute atomic E-state index is 13.7. The minimum Gasteiger partial charge on any atom is -0.339 e. The summed E-state index contributed by atoms with van der Waals surface area (Å²) < 4.78 is 31.4. The maximum atomic E-state index is 13.7. The van der Waals surface area contributed by atoms with Gasteiger partial charge in [-0.1, -0.05) is 5.16 Å². The van der Waals surface area contributed by atoms with Gasteiger partial charge in [0.25, 0.3) is 5.69 Å². The molecule has 1 aliphatic carbocycles. The summed E-state index contributed by atoms with van der Waals surface area (Å²) in [6.07, 6.45) is -0.670. The number of nitro benzene ring substituents is 1. The molecule has 0 N–H and O–H groups in total. The van der Waals surface area contributed by atoms with Crippen LogP contribution in [-0.2, 0) is 0 Å². The third kappa shape index (κ3) is 2.02. The van der Waals surface area contributed by atoms with Gasteiger partial charge in [-0.3, -0.25) is 10.1 Å². The van der Waals surface area contributed by atoms with Gasteiger partial charge in [-0.2, -0.15) is 4.98 Å². The van der Waals surface area contributed by atoms with Crippen molar-refractivity contribution < 1.29 is 18.2 Å². The molecule has 0 bridgehead atoms. The van der Waals surface area contributed by atoms with E-state index in [0.717, 1.165) is 6.07 Å². The van der Waals surface area contributed by atoms with E-state index in [1.54, 1.807) is 0 Å². The number of benzene rings is 1. The van der Waals surface area contributed by atoms with E-state index in [4.69, 9.17) is 4.52 Å². The van der Waals surface area contributed by atoms with Gasteiger partial charge >= 0.3 is 0 Å². The summed E-state index contributed by atoms with van der Waals surface area (Å²) in [7, 11) is 0. The molecule has 1 heterocycles. The second-order valence-electron chi connectivity index (χ2n) is 4.67. The maximum Gasteiger partial charge on any atom is 0.275 e. The lowest BCUT2D eigenvalue weighted by molar-refractivity contribution is -0.385. The monoisotopic (exact) mass is 281 g/mol. The highest BCUT2D eigenvalue weighted by Gasteiger charge is 2.43. The van der Waals surface area contributed by atoms with Crippen LogP contribution in [0, 0.1) is 22.9 Å². The van der Waals surface area contributed by atoms with Crippen LogP contribution in [0.1, 0.15) is 23.8 Å². The van der Waals surface area contributed by atoms with E-state index in [2.05, 4.69) is 10.1 Å². The minimum atomic E-state index is -0.993. The number of rotatable bonds is 3. The average molecular weight is 281 g/mol. The van der Waals surface area contributed by atoms with Crippen LogP contribution in [0.3, 0.4) is 0 Å². The highest BCUT2D eigenvalue weighted by Crippen LogP contribution is 2.43. The van der Waals surface area contributed by atoms with Gasteiger partial charge in [0.2, 0.25) is 11.7 Å². The predicted molar refractivity (Wildman–Crippen MR) is 63.3 cm³/mol. The van der Waals surface area contributed by atoms with E-state index in [-0.39, 0.29) is 28.5 Å². The number of aromatic nitrogens is 2. The van der Waals surface area contributed by atoms with Crippen molar-refractivity contribution in [1.29, 1.82) is 0 Å². The summed E-state index contributed by atoms with van der Waals surface area (Å²) in [6.45, 7) is 1.32. The first-order valence-electron chi connectivity index (χ1n) is 5.90. The first kappa shape index (κ1) is 12.6. The molecular weight excluding hydrogens is 272 g/mol. The van der Waals surface area contributed by atoms with Gasteiger partial charge in [-0.15, -0.1) is 0 Å². The van der Waals surface area contributed by atoms with E-state index < -0.39 is 22.8 Å². The molecule has 0 aliphatic heterocycles. The Labute approximate surface area is 111 Å². The first-order valence-corrected chi connectivity index (χ1v) is 5.90. The molecule has 0 unspecified atom stereocenters. The normalized spacial score (nSPS) is 20.9. The van der Waals surface area contributed by atoms with Crippen molar-refractivity contribution in [2.45, 2.75) is 25.4 Å². The molecule has 0 radical (unpaired) electrons. The molecule has 0 spiro atoms. The molecule has 0 amide bonds. The zero-order chi connectivity index (χ0) is 14.4. The van der Waals surface area contributed by atoms with Crippen LogP contribution in [0.4, 0.5) is 14.5 Å². The third-order valence-electron chi connectivity index (χ3n) is 3.24. The minimum absolute atomic E-state index is 0.0149. The number of alkyl halides is 1. The lowest BCUT2D eigenvalue weighted by Crippen LogP contribution is -1.96. The van der Waals surface area contributed by atoms with Gasteiger partial charge in [0.15, 0.2) is 0 Å². The van der Waals surface area contributed by atoms with E-state index in [9.17, 15) is 18.9 Å². The fourth-order valence-electron chi connectivity index (χ4n) is 1.91. The van der Waals surface area contributed by atoms with Crippen LogP contribution in [0.2, 0.25) is 0 Å². The van der Waals surface area contributed by atoms with E-state index >= 15 is 0 Å². The van der Waals surface area contributed by atoms with E-state index in [1.807, 2.05) is 0 Å². The number of hydrogen-bond donors (Lipinski definition) is 0. The molecule has 1 aromatic carbocycles. The second kappa shape index (κ2) is 4.32. The third-order valence-corrected chi connectivity index (χ3v) is 3.24. The fourth-order valence-corrected chi connectivity index (χ4v) is 1.91. The Bertz CT molecular complexity index is 701. The largest absolute Gasteiger partial charge is 0.339 e. The topological polar surface area (TPSA) is 82.1 Å². The van der Waals surface area contributed by atoms with Crippen molar-refractivity contribution in [3.63, 3.8) is 0 Å². The van der Waals surface area contributed by atoms with Crippen molar-refractivity contribution in [1.82, 2.24) is 10.1 Å². The summed E-state index contributed by atoms with van der Waals surface area (Å²) in [6, 6.07) is 2.27. The van der Waals surface area contributed by atoms with Gasteiger partial charge in [0.05, 0.1) is 16.4 Å². The summed E-state index contributed by atoms with van der Waals surface area (Å²) in [5.41, 5.74) is -0.291. The number of nitrogens with zero attached hydrogens (tertiary/aromatic N) is 3. The smallest absolute Gasteiger partial charge is 0.275 e. The summed E-state index contributed by atoms with van der Waals surface area (Å²) >= 11 is 0. The SMILES string of the molecule is Cc1c(F)cc(-c2noc([C@H]3C[C@H]3F)n2)cc1[N+](=O)[O-]. The van der Waals surface area contributed by atoms with Gasteiger partial charge < -0.3 is 4.52 Å². The number of nitro groups is 1. The molecule has 2 atom stereocenters. The van der Waals surface area contributed by atoms with Crippen LogP contribution in [0.5, 0.6) is 0 Å². The molecule has 0 saturated heterocycles. The molecule has 3 rings (SSSR count). The zero-order valence-corrected chi connectivity index (χ0v) is 10.3. The number of halogens is 2. The van der Waals surface area contributed by atoms with Crippen molar-refractivity contribution in [2.75, 3.05) is 0 Å². The van der Waals surface area contributed by atoms with Crippen LogP contribution >= 0.6 is 0 Å². The standard InChI is InChI=1S/C12H9F2N3O3/c1-5-8(13)2-6(3-10(5)17(18)19)11-15-12(20-16-11)7-4-9(7)14/h2-3,7,9H,4H2,1H3/t7-,9+/m0/s1. The summed E-state index contributed by atoms with van der Waals surface area (Å²) in [4.78, 5) is 14.1. The van der Waals surface area contributed by atoms with E-state index in [1.165, 1.54) is 13.0 Å². The Balaban J connectivity index is 2.01. The predicted octanol–water partition coefficient (Wildman–Crippen LogP) is 2.92. The van der Waals surface area contributed by atoms with Gasteiger partial charge in [-0.05, 0) is 19.4 Å². The first-order chi connectivity index (χ1) is 9.47. The van der Waals surface area contributed by atoms with Crippen molar-refractivity contribution in [3.05, 3.63) is 39.5 Å². The lowest BCUT2D eigenvalue weighted by atomic mass is 10.1. The second-order valence-corrected chi connectivity index (χ2v) is 4.67. The fraction of sp³-hybridized carbons (Fsp3) is 0.333. The zero-order valence-electron chi connectivity index (χ0n) is 10.3. The highest BCUT2D eigenvalue weighted by atomic mass is 19.1. The van der Waals surface area contributed by atoms with E-state index in [0.29, 0.717) is 6.42 Å².